The molecule has 3 rings (SSSR count). The van der Waals surface area contributed by atoms with Crippen LogP contribution in [-0.2, 0) is 19.1 Å². The van der Waals surface area contributed by atoms with Crippen LogP contribution >= 0.6 is 0 Å². The molecule has 0 heterocycles. The zero-order valence-corrected chi connectivity index (χ0v) is 19.0. The van der Waals surface area contributed by atoms with E-state index in [4.69, 9.17) is 9.47 Å². The van der Waals surface area contributed by atoms with Gasteiger partial charge in [0.25, 0.3) is 0 Å². The molecule has 0 saturated heterocycles. The number of carboxylic acids is 1. The largest absolute Gasteiger partial charge is 0.480 e. The third-order valence-electron chi connectivity index (χ3n) is 5.90. The van der Waals surface area contributed by atoms with E-state index in [0.717, 1.165) is 22.3 Å². The highest BCUT2D eigenvalue weighted by Crippen LogP contribution is 2.44. The van der Waals surface area contributed by atoms with E-state index in [-0.39, 0.29) is 31.6 Å². The summed E-state index contributed by atoms with van der Waals surface area (Å²) < 4.78 is 10.4. The summed E-state index contributed by atoms with van der Waals surface area (Å²) in [5.41, 5.74) is 4.51. The Kier molecular flexibility index (Phi) is 8.06. The van der Waals surface area contributed by atoms with Gasteiger partial charge in [0.15, 0.2) is 6.04 Å². The van der Waals surface area contributed by atoms with Gasteiger partial charge >= 0.3 is 12.1 Å². The first-order chi connectivity index (χ1) is 15.8. The Bertz CT molecular complexity index is 960. The summed E-state index contributed by atoms with van der Waals surface area (Å²) in [5, 5.41) is 14.3. The number of carbonyl (C=O) groups is 3. The number of aliphatic carboxylic acids is 1. The van der Waals surface area contributed by atoms with E-state index in [0.29, 0.717) is 0 Å². The Morgan fingerprint density at radius 1 is 1.00 bits per heavy atom. The van der Waals surface area contributed by atoms with Crippen molar-refractivity contribution in [2.24, 2.45) is 11.8 Å². The molecule has 8 heteroatoms. The topological polar surface area (TPSA) is 114 Å². The highest BCUT2D eigenvalue weighted by molar-refractivity contribution is 5.85. The van der Waals surface area contributed by atoms with E-state index in [1.165, 1.54) is 7.11 Å². The van der Waals surface area contributed by atoms with Gasteiger partial charge in [0.1, 0.15) is 6.61 Å². The number of benzene rings is 2. The number of methoxy groups -OCH3 is 1. The second kappa shape index (κ2) is 11.0. The molecule has 3 N–H and O–H groups in total. The summed E-state index contributed by atoms with van der Waals surface area (Å²) in [5.74, 6) is -2.46. The SMILES string of the molecule is COCC(NC(=O)C(CNC(=O)OCC1c2ccccc2-c2ccccc21)C(C)C)C(=O)O. The lowest BCUT2D eigenvalue weighted by Gasteiger charge is -2.23. The van der Waals surface area contributed by atoms with Gasteiger partial charge in [-0.2, -0.15) is 0 Å². The second-order valence-corrected chi connectivity index (χ2v) is 8.41. The average molecular weight is 455 g/mol. The van der Waals surface area contributed by atoms with Crippen LogP contribution in [-0.4, -0.2) is 56.0 Å². The Hall–Kier alpha value is -3.39. The van der Waals surface area contributed by atoms with Gasteiger partial charge in [-0.15, -0.1) is 0 Å². The summed E-state index contributed by atoms with van der Waals surface area (Å²) in [4.78, 5) is 36.3. The number of alkyl carbamates (subject to hydrolysis) is 1. The molecule has 2 atom stereocenters. The molecule has 0 bridgehead atoms. The Morgan fingerprint density at radius 2 is 1.58 bits per heavy atom. The van der Waals surface area contributed by atoms with Gasteiger partial charge in [-0.25, -0.2) is 9.59 Å². The summed E-state index contributed by atoms with van der Waals surface area (Å²) in [6.07, 6.45) is -0.623. The second-order valence-electron chi connectivity index (χ2n) is 8.41. The van der Waals surface area contributed by atoms with Crippen molar-refractivity contribution >= 4 is 18.0 Å². The molecule has 0 radical (unpaired) electrons. The van der Waals surface area contributed by atoms with Crippen molar-refractivity contribution in [3.05, 3.63) is 59.7 Å². The molecule has 0 aromatic heterocycles. The molecule has 8 nitrogen and oxygen atoms in total. The van der Waals surface area contributed by atoms with Crippen molar-refractivity contribution in [3.63, 3.8) is 0 Å². The molecule has 2 unspecified atom stereocenters. The summed E-state index contributed by atoms with van der Waals surface area (Å²) in [6, 6.07) is 15.0. The lowest BCUT2D eigenvalue weighted by Crippen LogP contribution is -2.49. The van der Waals surface area contributed by atoms with Crippen LogP contribution in [0.1, 0.15) is 30.9 Å². The van der Waals surface area contributed by atoms with Crippen molar-refractivity contribution < 1.29 is 29.0 Å². The van der Waals surface area contributed by atoms with E-state index >= 15 is 0 Å². The number of ether oxygens (including phenoxy) is 2. The van der Waals surface area contributed by atoms with Crippen molar-refractivity contribution in [2.45, 2.75) is 25.8 Å². The number of nitrogens with one attached hydrogen (secondary N) is 2. The Labute approximate surface area is 193 Å². The Balaban J connectivity index is 1.58. The first-order valence-electron chi connectivity index (χ1n) is 10.9. The van der Waals surface area contributed by atoms with Crippen molar-refractivity contribution in [2.75, 3.05) is 26.9 Å². The van der Waals surface area contributed by atoms with Crippen LogP contribution in [0, 0.1) is 11.8 Å². The van der Waals surface area contributed by atoms with Crippen LogP contribution in [0.3, 0.4) is 0 Å². The summed E-state index contributed by atoms with van der Waals surface area (Å²) >= 11 is 0. The van der Waals surface area contributed by atoms with Crippen molar-refractivity contribution in [1.82, 2.24) is 10.6 Å². The molecule has 1 aliphatic rings. The monoisotopic (exact) mass is 454 g/mol. The van der Waals surface area contributed by atoms with Gasteiger partial charge in [0.05, 0.1) is 12.5 Å². The number of fused-ring (bicyclic) bond motifs is 3. The Morgan fingerprint density at radius 3 is 2.09 bits per heavy atom. The fourth-order valence-corrected chi connectivity index (χ4v) is 4.09. The van der Waals surface area contributed by atoms with Gasteiger partial charge in [-0.05, 0) is 28.2 Å². The molecular formula is C25H30N2O6. The molecule has 0 fully saturated rings. The van der Waals surface area contributed by atoms with Gasteiger partial charge in [-0.3, -0.25) is 4.79 Å². The highest BCUT2D eigenvalue weighted by atomic mass is 16.5. The van der Waals surface area contributed by atoms with Gasteiger partial charge in [0.2, 0.25) is 5.91 Å². The molecule has 0 spiro atoms. The number of amides is 2. The lowest BCUT2D eigenvalue weighted by atomic mass is 9.94. The van der Waals surface area contributed by atoms with Crippen LogP contribution in [0.5, 0.6) is 0 Å². The molecule has 2 aromatic carbocycles. The van der Waals surface area contributed by atoms with E-state index < -0.39 is 29.9 Å². The predicted molar refractivity (Wildman–Crippen MR) is 123 cm³/mol. The van der Waals surface area contributed by atoms with E-state index in [1.807, 2.05) is 50.2 Å². The minimum atomic E-state index is -1.18. The summed E-state index contributed by atoms with van der Waals surface area (Å²) in [7, 11) is 1.36. The van der Waals surface area contributed by atoms with Crippen LogP contribution in [0.2, 0.25) is 0 Å². The number of hydrogen-bond donors (Lipinski definition) is 3. The summed E-state index contributed by atoms with van der Waals surface area (Å²) in [6.45, 7) is 3.71. The van der Waals surface area contributed by atoms with Crippen LogP contribution in [0.25, 0.3) is 11.1 Å². The molecule has 1 aliphatic carbocycles. The van der Waals surface area contributed by atoms with Crippen LogP contribution in [0.15, 0.2) is 48.5 Å². The number of rotatable bonds is 10. The fraction of sp³-hybridized carbons (Fsp3) is 0.400. The maximum absolute atomic E-state index is 12.6. The van der Waals surface area contributed by atoms with Gasteiger partial charge in [0, 0.05) is 19.6 Å². The third kappa shape index (κ3) is 5.70. The van der Waals surface area contributed by atoms with Crippen molar-refractivity contribution in [3.8, 4) is 11.1 Å². The maximum atomic E-state index is 12.6. The first-order valence-corrected chi connectivity index (χ1v) is 10.9. The minimum Gasteiger partial charge on any atom is -0.480 e. The van der Waals surface area contributed by atoms with Crippen LogP contribution in [0.4, 0.5) is 4.79 Å². The van der Waals surface area contributed by atoms with E-state index in [1.54, 1.807) is 0 Å². The molecule has 0 aliphatic heterocycles. The van der Waals surface area contributed by atoms with Gasteiger partial charge < -0.3 is 25.2 Å². The van der Waals surface area contributed by atoms with Crippen LogP contribution < -0.4 is 10.6 Å². The number of carbonyl (C=O) groups excluding carboxylic acids is 2. The normalized spacial score (nSPS) is 14.2. The van der Waals surface area contributed by atoms with Gasteiger partial charge in [-0.1, -0.05) is 62.4 Å². The fourth-order valence-electron chi connectivity index (χ4n) is 4.09. The van der Waals surface area contributed by atoms with E-state index in [9.17, 15) is 19.5 Å². The number of carboxylic acid groups (broad SMARTS) is 1. The molecule has 0 saturated carbocycles. The minimum absolute atomic E-state index is 0.0273. The maximum Gasteiger partial charge on any atom is 0.407 e. The predicted octanol–water partition coefficient (Wildman–Crippen LogP) is 3.01. The quantitative estimate of drug-likeness (QED) is 0.509. The van der Waals surface area contributed by atoms with Crippen molar-refractivity contribution in [1.29, 1.82) is 0 Å². The average Bonchev–Trinajstić information content (AvgIpc) is 3.11. The number of hydrogen-bond acceptors (Lipinski definition) is 5. The standard InChI is InChI=1S/C25H30N2O6/c1-15(2)20(23(28)27-22(14-32-3)24(29)30)12-26-25(31)33-13-21-18-10-6-4-8-16(18)17-9-5-7-11-19(17)21/h4-11,15,20-22H,12-14H2,1-3H3,(H,26,31)(H,27,28)(H,29,30). The molecule has 33 heavy (non-hydrogen) atoms. The molecule has 2 aromatic rings. The molecular weight excluding hydrogens is 424 g/mol. The zero-order chi connectivity index (χ0) is 24.0. The third-order valence-corrected chi connectivity index (χ3v) is 5.90. The van der Waals surface area contributed by atoms with E-state index in [2.05, 4.69) is 22.8 Å². The highest BCUT2D eigenvalue weighted by Gasteiger charge is 2.30. The first kappa shape index (κ1) is 24.3. The smallest absolute Gasteiger partial charge is 0.407 e. The zero-order valence-electron chi connectivity index (χ0n) is 19.0. The lowest BCUT2D eigenvalue weighted by molar-refractivity contribution is -0.144. The molecule has 2 amide bonds. The molecule has 176 valence electrons.